The van der Waals surface area contributed by atoms with Gasteiger partial charge in [0.05, 0.1) is 13.7 Å². The second-order valence-electron chi connectivity index (χ2n) is 3.53. The highest BCUT2D eigenvalue weighted by atomic mass is 35.5. The third-order valence-corrected chi connectivity index (χ3v) is 2.49. The highest BCUT2D eigenvalue weighted by Crippen LogP contribution is 2.22. The molecule has 0 saturated heterocycles. The fraction of sp³-hybridized carbons (Fsp3) is 0.273. The monoisotopic (exact) mass is 306 g/mol. The Morgan fingerprint density at radius 1 is 1.32 bits per heavy atom. The van der Waals surface area contributed by atoms with Gasteiger partial charge in [0, 0.05) is 15.7 Å². The van der Waals surface area contributed by atoms with E-state index in [1.807, 2.05) is 0 Å². The number of benzene rings is 1. The number of hydrogen-bond donors (Lipinski definition) is 3. The number of carbonyl (C=O) groups excluding carboxylic acids is 2. The number of nitrogens with one attached hydrogen (secondary N) is 2. The normalized spacial score (nSPS) is 11.6. The Balaban J connectivity index is 2.49. The summed E-state index contributed by atoms with van der Waals surface area (Å²) in [6.07, 6.45) is -1.42. The van der Waals surface area contributed by atoms with Crippen molar-refractivity contribution in [1.29, 1.82) is 0 Å². The van der Waals surface area contributed by atoms with Crippen molar-refractivity contribution < 1.29 is 19.4 Å². The van der Waals surface area contributed by atoms with Gasteiger partial charge in [0.25, 0.3) is 0 Å². The number of aliphatic hydroxyl groups is 1. The Hall–Kier alpha value is -1.50. The summed E-state index contributed by atoms with van der Waals surface area (Å²) in [6, 6.07) is 3.92. The number of amides is 2. The Labute approximate surface area is 119 Å². The molecule has 19 heavy (non-hydrogen) atoms. The number of methoxy groups -OCH3 is 1. The SMILES string of the molecule is COC(=O)C(O)CNC(=O)Nc1cc(Cl)cc(Cl)c1. The van der Waals surface area contributed by atoms with Crippen molar-refractivity contribution in [2.75, 3.05) is 19.0 Å². The average Bonchev–Trinajstić information content (AvgIpc) is 2.33. The summed E-state index contributed by atoms with van der Waals surface area (Å²) in [4.78, 5) is 22.4. The number of carbonyl (C=O) groups is 2. The summed E-state index contributed by atoms with van der Waals surface area (Å²) < 4.78 is 4.30. The van der Waals surface area contributed by atoms with Crippen LogP contribution in [0, 0.1) is 0 Å². The summed E-state index contributed by atoms with van der Waals surface area (Å²) in [5, 5.41) is 14.8. The fourth-order valence-electron chi connectivity index (χ4n) is 1.21. The Kier molecular flexibility index (Phi) is 5.88. The Morgan fingerprint density at radius 2 is 1.89 bits per heavy atom. The molecule has 1 unspecified atom stereocenters. The number of aliphatic hydroxyl groups excluding tert-OH is 1. The minimum atomic E-state index is -1.42. The molecule has 1 aromatic carbocycles. The number of esters is 1. The molecular weight excluding hydrogens is 295 g/mol. The quantitative estimate of drug-likeness (QED) is 0.738. The first-order chi connectivity index (χ1) is 8.92. The summed E-state index contributed by atoms with van der Waals surface area (Å²) in [6.45, 7) is -0.271. The standard InChI is InChI=1S/C11H12Cl2N2O4/c1-19-10(17)9(16)5-14-11(18)15-8-3-6(12)2-7(13)4-8/h2-4,9,16H,5H2,1H3,(H2,14,15,18). The van der Waals surface area contributed by atoms with Gasteiger partial charge in [-0.15, -0.1) is 0 Å². The maximum Gasteiger partial charge on any atom is 0.336 e. The molecule has 2 amide bonds. The van der Waals surface area contributed by atoms with Crippen molar-refractivity contribution in [2.24, 2.45) is 0 Å². The zero-order chi connectivity index (χ0) is 14.4. The minimum Gasteiger partial charge on any atom is -0.467 e. The first-order valence-electron chi connectivity index (χ1n) is 5.19. The zero-order valence-corrected chi connectivity index (χ0v) is 11.5. The lowest BCUT2D eigenvalue weighted by Gasteiger charge is -2.11. The molecule has 1 rings (SSSR count). The predicted molar refractivity (Wildman–Crippen MR) is 71.5 cm³/mol. The van der Waals surface area contributed by atoms with E-state index in [1.54, 1.807) is 0 Å². The lowest BCUT2D eigenvalue weighted by Crippen LogP contribution is -2.39. The second-order valence-corrected chi connectivity index (χ2v) is 4.40. The summed E-state index contributed by atoms with van der Waals surface area (Å²) in [5.74, 6) is -0.828. The van der Waals surface area contributed by atoms with Crippen LogP contribution < -0.4 is 10.6 Å². The van der Waals surface area contributed by atoms with Gasteiger partial charge in [0.15, 0.2) is 6.10 Å². The first kappa shape index (κ1) is 15.6. The van der Waals surface area contributed by atoms with Crippen molar-refractivity contribution >= 4 is 40.9 Å². The van der Waals surface area contributed by atoms with E-state index in [-0.39, 0.29) is 6.54 Å². The molecule has 0 aliphatic rings. The molecule has 3 N–H and O–H groups in total. The van der Waals surface area contributed by atoms with Crippen molar-refractivity contribution in [3.05, 3.63) is 28.2 Å². The van der Waals surface area contributed by atoms with Gasteiger partial charge in [0.1, 0.15) is 0 Å². The van der Waals surface area contributed by atoms with E-state index in [1.165, 1.54) is 18.2 Å². The van der Waals surface area contributed by atoms with Crippen LogP contribution in [0.25, 0.3) is 0 Å². The number of halogens is 2. The number of rotatable bonds is 4. The fourth-order valence-corrected chi connectivity index (χ4v) is 1.74. The van der Waals surface area contributed by atoms with Gasteiger partial charge < -0.3 is 20.5 Å². The second kappa shape index (κ2) is 7.18. The molecular formula is C11H12Cl2N2O4. The third-order valence-electron chi connectivity index (χ3n) is 2.05. The Morgan fingerprint density at radius 3 is 2.42 bits per heavy atom. The van der Waals surface area contributed by atoms with Crippen LogP contribution in [0.4, 0.5) is 10.5 Å². The van der Waals surface area contributed by atoms with E-state index in [0.29, 0.717) is 15.7 Å². The smallest absolute Gasteiger partial charge is 0.336 e. The molecule has 0 aliphatic heterocycles. The molecule has 0 spiro atoms. The van der Waals surface area contributed by atoms with Gasteiger partial charge in [-0.3, -0.25) is 0 Å². The molecule has 0 aromatic heterocycles. The van der Waals surface area contributed by atoms with E-state index in [9.17, 15) is 14.7 Å². The topological polar surface area (TPSA) is 87.7 Å². The summed E-state index contributed by atoms with van der Waals surface area (Å²) in [5.41, 5.74) is 0.391. The molecule has 0 heterocycles. The van der Waals surface area contributed by atoms with Crippen LogP contribution in [0.1, 0.15) is 0 Å². The van der Waals surface area contributed by atoms with E-state index in [2.05, 4.69) is 15.4 Å². The van der Waals surface area contributed by atoms with Gasteiger partial charge in [-0.25, -0.2) is 9.59 Å². The van der Waals surface area contributed by atoms with E-state index in [0.717, 1.165) is 7.11 Å². The van der Waals surface area contributed by atoms with Crippen molar-refractivity contribution in [3.8, 4) is 0 Å². The summed E-state index contributed by atoms with van der Waals surface area (Å²) in [7, 11) is 1.14. The van der Waals surface area contributed by atoms with Gasteiger partial charge >= 0.3 is 12.0 Å². The lowest BCUT2D eigenvalue weighted by molar-refractivity contribution is -0.149. The van der Waals surface area contributed by atoms with E-state index in [4.69, 9.17) is 23.2 Å². The molecule has 0 radical (unpaired) electrons. The van der Waals surface area contributed by atoms with Gasteiger partial charge in [-0.2, -0.15) is 0 Å². The molecule has 8 heteroatoms. The average molecular weight is 307 g/mol. The highest BCUT2D eigenvalue weighted by molar-refractivity contribution is 6.35. The number of urea groups is 1. The van der Waals surface area contributed by atoms with Gasteiger partial charge in [-0.1, -0.05) is 23.2 Å². The molecule has 0 aliphatic carbocycles. The molecule has 0 bridgehead atoms. The molecule has 1 aromatic rings. The number of ether oxygens (including phenoxy) is 1. The number of anilines is 1. The van der Waals surface area contributed by atoms with Crippen LogP contribution in [-0.4, -0.2) is 36.9 Å². The predicted octanol–water partition coefficient (Wildman–Crippen LogP) is 1.65. The van der Waals surface area contributed by atoms with Crippen LogP contribution >= 0.6 is 23.2 Å². The van der Waals surface area contributed by atoms with Crippen molar-refractivity contribution in [2.45, 2.75) is 6.10 Å². The summed E-state index contributed by atoms with van der Waals surface area (Å²) >= 11 is 11.5. The molecule has 0 fully saturated rings. The minimum absolute atomic E-state index is 0.271. The van der Waals surface area contributed by atoms with Crippen LogP contribution in [0.15, 0.2) is 18.2 Å². The Bertz CT molecular complexity index is 462. The van der Waals surface area contributed by atoms with E-state index < -0.39 is 18.1 Å². The van der Waals surface area contributed by atoms with Crippen molar-refractivity contribution in [3.63, 3.8) is 0 Å². The van der Waals surface area contributed by atoms with E-state index >= 15 is 0 Å². The first-order valence-corrected chi connectivity index (χ1v) is 5.95. The maximum atomic E-state index is 11.5. The van der Waals surface area contributed by atoms with Crippen LogP contribution in [0.5, 0.6) is 0 Å². The van der Waals surface area contributed by atoms with Crippen molar-refractivity contribution in [1.82, 2.24) is 5.32 Å². The highest BCUT2D eigenvalue weighted by Gasteiger charge is 2.16. The largest absolute Gasteiger partial charge is 0.467 e. The maximum absolute atomic E-state index is 11.5. The lowest BCUT2D eigenvalue weighted by atomic mass is 10.3. The van der Waals surface area contributed by atoms with Crippen LogP contribution in [-0.2, 0) is 9.53 Å². The molecule has 6 nitrogen and oxygen atoms in total. The third kappa shape index (κ3) is 5.34. The molecule has 104 valence electrons. The van der Waals surface area contributed by atoms with Crippen LogP contribution in [0.2, 0.25) is 10.0 Å². The molecule has 0 saturated carbocycles. The zero-order valence-electron chi connectivity index (χ0n) is 9.94. The van der Waals surface area contributed by atoms with Crippen LogP contribution in [0.3, 0.4) is 0 Å². The molecule has 1 atom stereocenters. The number of hydrogen-bond acceptors (Lipinski definition) is 4. The van der Waals surface area contributed by atoms with Gasteiger partial charge in [-0.05, 0) is 18.2 Å². The van der Waals surface area contributed by atoms with Gasteiger partial charge in [0.2, 0.25) is 0 Å².